The Bertz CT molecular complexity index is 1340. The molecule has 1 fully saturated rings. The average Bonchev–Trinajstić information content (AvgIpc) is 3.51. The van der Waals surface area contributed by atoms with Gasteiger partial charge in [0.05, 0.1) is 18.0 Å². The van der Waals surface area contributed by atoms with Gasteiger partial charge in [-0.1, -0.05) is 29.5 Å². The zero-order valence-corrected chi connectivity index (χ0v) is 20.6. The number of carboxylic acid groups (broad SMARTS) is 1. The number of aliphatic carboxylic acids is 1. The van der Waals surface area contributed by atoms with E-state index in [2.05, 4.69) is 50.1 Å². The highest BCUT2D eigenvalue weighted by atomic mass is 16.4. The van der Waals surface area contributed by atoms with E-state index in [1.54, 1.807) is 4.68 Å². The normalized spacial score (nSPS) is 17.6. The largest absolute Gasteiger partial charge is 0.481 e. The lowest BCUT2D eigenvalue weighted by Gasteiger charge is -2.33. The summed E-state index contributed by atoms with van der Waals surface area (Å²) >= 11 is 0. The zero-order chi connectivity index (χ0) is 24.5. The molecule has 3 heterocycles. The Morgan fingerprint density at radius 2 is 2.09 bits per heavy atom. The Morgan fingerprint density at radius 3 is 2.86 bits per heavy atom. The van der Waals surface area contributed by atoms with Gasteiger partial charge in [0.1, 0.15) is 5.52 Å². The zero-order valence-electron chi connectivity index (χ0n) is 20.6. The van der Waals surface area contributed by atoms with Gasteiger partial charge in [0, 0.05) is 38.4 Å². The van der Waals surface area contributed by atoms with E-state index in [0.717, 1.165) is 60.2 Å². The number of piperidine rings is 1. The molecule has 2 atom stereocenters. The second-order valence-corrected chi connectivity index (χ2v) is 9.71. The van der Waals surface area contributed by atoms with Gasteiger partial charge < -0.3 is 5.11 Å². The van der Waals surface area contributed by atoms with Gasteiger partial charge in [0.2, 0.25) is 0 Å². The quantitative estimate of drug-likeness (QED) is 0.433. The number of carbonyl (C=O) groups is 1. The third kappa shape index (κ3) is 4.71. The van der Waals surface area contributed by atoms with Gasteiger partial charge in [0.15, 0.2) is 0 Å². The lowest BCUT2D eigenvalue weighted by atomic mass is 9.84. The summed E-state index contributed by atoms with van der Waals surface area (Å²) in [6, 6.07) is 12.8. The SMILES string of the molecule is Cc1ccc([C@@H](CC(=O)O)c2ccc3c(nnn3C)c2C)cc1CN1CCCC(n2cccn2)C1. The van der Waals surface area contributed by atoms with Crippen LogP contribution < -0.4 is 0 Å². The summed E-state index contributed by atoms with van der Waals surface area (Å²) in [4.78, 5) is 14.4. The van der Waals surface area contributed by atoms with Gasteiger partial charge in [-0.05, 0) is 73.2 Å². The van der Waals surface area contributed by atoms with E-state index in [-0.39, 0.29) is 12.3 Å². The van der Waals surface area contributed by atoms with Gasteiger partial charge in [-0.25, -0.2) is 4.68 Å². The standard InChI is InChI=1S/C27H32N6O2/c1-18-7-8-20(14-21(18)16-32-12-4-6-22(17-32)33-13-5-11-28-33)24(15-26(34)35)23-9-10-25-27(19(23)2)29-30-31(25)3/h5,7-11,13-14,22,24H,4,6,12,15-17H2,1-3H3,(H,34,35)/t22?,24-/m1/s1. The highest BCUT2D eigenvalue weighted by Gasteiger charge is 2.25. The topological polar surface area (TPSA) is 89.1 Å². The monoisotopic (exact) mass is 472 g/mol. The lowest BCUT2D eigenvalue weighted by Crippen LogP contribution is -2.36. The number of aromatic nitrogens is 5. The number of hydrogen-bond acceptors (Lipinski definition) is 5. The summed E-state index contributed by atoms with van der Waals surface area (Å²) < 4.78 is 3.82. The molecule has 1 aliphatic heterocycles. The first-order valence-corrected chi connectivity index (χ1v) is 12.2. The van der Waals surface area contributed by atoms with Crippen LogP contribution in [0.3, 0.4) is 0 Å². The maximum absolute atomic E-state index is 11.9. The van der Waals surface area contributed by atoms with Crippen molar-refractivity contribution in [1.82, 2.24) is 29.7 Å². The molecule has 0 radical (unpaired) electrons. The molecule has 0 spiro atoms. The molecule has 0 aliphatic carbocycles. The highest BCUT2D eigenvalue weighted by molar-refractivity contribution is 5.80. The second kappa shape index (κ2) is 9.62. The number of nitrogens with zero attached hydrogens (tertiary/aromatic N) is 6. The molecule has 2 aromatic carbocycles. The smallest absolute Gasteiger partial charge is 0.304 e. The van der Waals surface area contributed by atoms with Crippen molar-refractivity contribution < 1.29 is 9.90 Å². The fraction of sp³-hybridized carbons (Fsp3) is 0.407. The van der Waals surface area contributed by atoms with Crippen molar-refractivity contribution in [2.45, 2.75) is 51.6 Å². The van der Waals surface area contributed by atoms with Crippen molar-refractivity contribution in [2.75, 3.05) is 13.1 Å². The molecule has 1 aliphatic rings. The van der Waals surface area contributed by atoms with E-state index in [9.17, 15) is 9.90 Å². The predicted molar refractivity (Wildman–Crippen MR) is 134 cm³/mol. The van der Waals surface area contributed by atoms with E-state index >= 15 is 0 Å². The first kappa shape index (κ1) is 23.2. The molecule has 5 rings (SSSR count). The summed E-state index contributed by atoms with van der Waals surface area (Å²) in [6.07, 6.45) is 6.20. The number of hydrogen-bond donors (Lipinski definition) is 1. The van der Waals surface area contributed by atoms with Crippen LogP contribution in [0.1, 0.15) is 59.0 Å². The summed E-state index contributed by atoms with van der Waals surface area (Å²) in [5.74, 6) is -1.06. The summed E-state index contributed by atoms with van der Waals surface area (Å²) in [6.45, 7) is 7.02. The van der Waals surface area contributed by atoms with Crippen LogP contribution in [0.15, 0.2) is 48.8 Å². The number of carboxylic acids is 1. The Hall–Kier alpha value is -3.52. The molecule has 1 unspecified atom stereocenters. The first-order valence-electron chi connectivity index (χ1n) is 12.2. The van der Waals surface area contributed by atoms with Crippen LogP contribution in [0, 0.1) is 13.8 Å². The van der Waals surface area contributed by atoms with Gasteiger partial charge in [0.25, 0.3) is 0 Å². The van der Waals surface area contributed by atoms with Crippen molar-refractivity contribution in [1.29, 1.82) is 0 Å². The van der Waals surface area contributed by atoms with E-state index < -0.39 is 5.97 Å². The molecule has 35 heavy (non-hydrogen) atoms. The maximum Gasteiger partial charge on any atom is 0.304 e. The minimum atomic E-state index is -0.811. The fourth-order valence-electron chi connectivity index (χ4n) is 5.41. The molecule has 4 aromatic rings. The number of aryl methyl sites for hydroxylation is 3. The Balaban J connectivity index is 1.45. The number of benzene rings is 2. The molecule has 8 heteroatoms. The molecule has 1 saturated heterocycles. The van der Waals surface area contributed by atoms with Crippen LogP contribution in [0.4, 0.5) is 0 Å². The van der Waals surface area contributed by atoms with Crippen molar-refractivity contribution in [3.05, 3.63) is 76.6 Å². The van der Waals surface area contributed by atoms with Crippen molar-refractivity contribution in [2.24, 2.45) is 7.05 Å². The van der Waals surface area contributed by atoms with Crippen LogP contribution in [0.25, 0.3) is 11.0 Å². The van der Waals surface area contributed by atoms with Gasteiger partial charge in [-0.2, -0.15) is 5.10 Å². The predicted octanol–water partition coefficient (Wildman–Crippen LogP) is 4.23. The van der Waals surface area contributed by atoms with E-state index in [1.165, 1.54) is 11.1 Å². The van der Waals surface area contributed by atoms with Crippen LogP contribution >= 0.6 is 0 Å². The molecule has 2 aromatic heterocycles. The molecule has 0 saturated carbocycles. The molecule has 0 amide bonds. The van der Waals surface area contributed by atoms with Crippen LogP contribution in [-0.4, -0.2) is 53.8 Å². The highest BCUT2D eigenvalue weighted by Crippen LogP contribution is 2.34. The molecular formula is C27H32N6O2. The third-order valence-electron chi connectivity index (χ3n) is 7.38. The van der Waals surface area contributed by atoms with Crippen LogP contribution in [0.5, 0.6) is 0 Å². The third-order valence-corrected chi connectivity index (χ3v) is 7.38. The molecule has 0 bridgehead atoms. The summed E-state index contributed by atoms with van der Waals surface area (Å²) in [5.41, 5.74) is 7.25. The van der Waals surface area contributed by atoms with Gasteiger partial charge >= 0.3 is 5.97 Å². The fourth-order valence-corrected chi connectivity index (χ4v) is 5.41. The maximum atomic E-state index is 11.9. The van der Waals surface area contributed by atoms with E-state index in [4.69, 9.17) is 0 Å². The summed E-state index contributed by atoms with van der Waals surface area (Å²) in [7, 11) is 1.87. The number of likely N-dealkylation sites (tertiary alicyclic amines) is 1. The lowest BCUT2D eigenvalue weighted by molar-refractivity contribution is -0.137. The van der Waals surface area contributed by atoms with Gasteiger partial charge in [-0.3, -0.25) is 14.4 Å². The van der Waals surface area contributed by atoms with E-state index in [1.807, 2.05) is 44.6 Å². The minimum absolute atomic E-state index is 0.0280. The number of rotatable bonds is 7. The number of fused-ring (bicyclic) bond motifs is 1. The Kier molecular flexibility index (Phi) is 6.38. The second-order valence-electron chi connectivity index (χ2n) is 9.71. The van der Waals surface area contributed by atoms with Crippen LogP contribution in [0.2, 0.25) is 0 Å². The minimum Gasteiger partial charge on any atom is -0.481 e. The molecule has 8 nitrogen and oxygen atoms in total. The first-order chi connectivity index (χ1) is 16.9. The Morgan fingerprint density at radius 1 is 1.23 bits per heavy atom. The van der Waals surface area contributed by atoms with Crippen LogP contribution in [-0.2, 0) is 18.4 Å². The van der Waals surface area contributed by atoms with Gasteiger partial charge in [-0.15, -0.1) is 5.10 Å². The molecule has 182 valence electrons. The Labute approximate surface area is 205 Å². The summed E-state index contributed by atoms with van der Waals surface area (Å²) in [5, 5.41) is 22.7. The van der Waals surface area contributed by atoms with Crippen molar-refractivity contribution in [3.63, 3.8) is 0 Å². The van der Waals surface area contributed by atoms with Crippen molar-refractivity contribution in [3.8, 4) is 0 Å². The van der Waals surface area contributed by atoms with Crippen molar-refractivity contribution >= 4 is 17.0 Å². The molecule has 1 N–H and O–H groups in total. The average molecular weight is 473 g/mol. The van der Waals surface area contributed by atoms with E-state index in [0.29, 0.717) is 6.04 Å². The molecular weight excluding hydrogens is 440 g/mol.